The lowest BCUT2D eigenvalue weighted by Gasteiger charge is -2.09. The van der Waals surface area contributed by atoms with Gasteiger partial charge in [-0.25, -0.2) is 0 Å². The summed E-state index contributed by atoms with van der Waals surface area (Å²) in [5.41, 5.74) is -0.727. The number of hydrogen-bond donors (Lipinski definition) is 3. The minimum Gasteiger partial charge on any atom is -0.550 e. The Morgan fingerprint density at radius 2 is 1.00 bits per heavy atom. The Balaban J connectivity index is -0.000000144. The van der Waals surface area contributed by atoms with Gasteiger partial charge in [0.05, 0.1) is 11.9 Å². The Hall–Kier alpha value is -2.49. The van der Waals surface area contributed by atoms with Crippen LogP contribution >= 0.6 is 0 Å². The molecule has 0 aromatic heterocycles. The predicted molar refractivity (Wildman–Crippen MR) is 63.7 cm³/mol. The third kappa shape index (κ3) is 10.4. The first-order chi connectivity index (χ1) is 7.36. The van der Waals surface area contributed by atoms with Crippen molar-refractivity contribution in [2.24, 2.45) is 0 Å². The SMILES string of the molecule is CC(=O)[O-].O=C([O-])c1ccccc1C(=O)[O-].[NH4+].[NH4+].[NH4+]. The lowest BCUT2D eigenvalue weighted by Crippen LogP contribution is -2.29. The highest BCUT2D eigenvalue weighted by molar-refractivity contribution is 5.99. The third-order valence-corrected chi connectivity index (χ3v) is 1.37. The molecule has 0 saturated carbocycles. The minimum atomic E-state index is -1.52. The number of carboxylic acid groups (broad SMARTS) is 3. The van der Waals surface area contributed by atoms with E-state index in [0.717, 1.165) is 19.1 Å². The normalized spacial score (nSPS) is 7.21. The molecule has 110 valence electrons. The van der Waals surface area contributed by atoms with Crippen molar-refractivity contribution in [3.8, 4) is 0 Å². The van der Waals surface area contributed by atoms with Crippen LogP contribution in [0, 0.1) is 0 Å². The molecule has 0 aliphatic heterocycles. The standard InChI is InChI=1S/C8H6O4.C2H4O2.3H3N/c9-7(10)5-3-1-2-4-6(5)8(11)12;1-2(3)4;;;/h1-4H,(H,9,10)(H,11,12);1H3,(H,3,4);3*1H3. The lowest BCUT2D eigenvalue weighted by molar-refractivity contribution is -0.302. The van der Waals surface area contributed by atoms with Gasteiger partial charge in [0.25, 0.3) is 0 Å². The van der Waals surface area contributed by atoms with Crippen LogP contribution in [0.3, 0.4) is 0 Å². The highest BCUT2D eigenvalue weighted by atomic mass is 16.4. The quantitative estimate of drug-likeness (QED) is 0.569. The van der Waals surface area contributed by atoms with E-state index in [9.17, 15) is 19.8 Å². The van der Waals surface area contributed by atoms with E-state index < -0.39 is 17.9 Å². The topological polar surface area (TPSA) is 230 Å². The van der Waals surface area contributed by atoms with Gasteiger partial charge in [0, 0.05) is 17.1 Å². The molecule has 0 heterocycles. The number of carbonyl (C=O) groups excluding carboxylic acids is 3. The molecule has 12 N–H and O–H groups in total. The molecule has 0 aliphatic rings. The van der Waals surface area contributed by atoms with Crippen LogP contribution in [-0.2, 0) is 4.79 Å². The van der Waals surface area contributed by atoms with Crippen molar-refractivity contribution in [1.29, 1.82) is 0 Å². The smallest absolute Gasteiger partial charge is 0.0721 e. The van der Waals surface area contributed by atoms with Gasteiger partial charge in [-0.15, -0.1) is 0 Å². The van der Waals surface area contributed by atoms with Crippen molar-refractivity contribution in [1.82, 2.24) is 18.5 Å². The second-order valence-corrected chi connectivity index (χ2v) is 2.61. The number of carboxylic acids is 3. The molecular formula is C10H19N3O6. The van der Waals surface area contributed by atoms with E-state index in [1.54, 1.807) is 0 Å². The van der Waals surface area contributed by atoms with Gasteiger partial charge in [-0.2, -0.15) is 0 Å². The Morgan fingerprint density at radius 3 is 1.16 bits per heavy atom. The number of hydrogen-bond acceptors (Lipinski definition) is 6. The molecule has 0 bridgehead atoms. The molecule has 19 heavy (non-hydrogen) atoms. The van der Waals surface area contributed by atoms with Crippen LogP contribution in [0.15, 0.2) is 24.3 Å². The molecule has 0 amide bonds. The van der Waals surface area contributed by atoms with E-state index in [1.807, 2.05) is 0 Å². The summed E-state index contributed by atoms with van der Waals surface area (Å²) in [5, 5.41) is 29.5. The number of aromatic carboxylic acids is 2. The molecule has 1 aromatic carbocycles. The molecular weight excluding hydrogens is 258 g/mol. The largest absolute Gasteiger partial charge is 0.550 e. The average molecular weight is 277 g/mol. The van der Waals surface area contributed by atoms with E-state index >= 15 is 0 Å². The molecule has 1 rings (SSSR count). The number of rotatable bonds is 2. The second kappa shape index (κ2) is 12.0. The second-order valence-electron chi connectivity index (χ2n) is 2.61. The highest BCUT2D eigenvalue weighted by Gasteiger charge is 2.01. The molecule has 0 spiro atoms. The maximum atomic E-state index is 10.3. The lowest BCUT2D eigenvalue weighted by atomic mass is 10.1. The summed E-state index contributed by atoms with van der Waals surface area (Å²) in [6.07, 6.45) is 0. The number of aliphatic carboxylic acids is 1. The summed E-state index contributed by atoms with van der Waals surface area (Å²) in [6, 6.07) is 5.14. The fourth-order valence-corrected chi connectivity index (χ4v) is 0.839. The molecule has 0 saturated heterocycles. The Kier molecular flexibility index (Phi) is 16.0. The van der Waals surface area contributed by atoms with Crippen LogP contribution in [0.1, 0.15) is 27.6 Å². The third-order valence-electron chi connectivity index (χ3n) is 1.37. The van der Waals surface area contributed by atoms with Crippen LogP contribution in [0.25, 0.3) is 0 Å². The zero-order valence-corrected chi connectivity index (χ0v) is 11.3. The number of benzene rings is 1. The van der Waals surface area contributed by atoms with Crippen LogP contribution in [-0.4, -0.2) is 17.9 Å². The summed E-state index contributed by atoms with van der Waals surface area (Å²) in [5.74, 6) is -4.12. The monoisotopic (exact) mass is 277 g/mol. The number of quaternary nitrogens is 3. The van der Waals surface area contributed by atoms with Crippen LogP contribution in [0.4, 0.5) is 0 Å². The average Bonchev–Trinajstić information content (AvgIpc) is 2.16. The van der Waals surface area contributed by atoms with Crippen molar-refractivity contribution in [2.75, 3.05) is 0 Å². The van der Waals surface area contributed by atoms with E-state index in [4.69, 9.17) is 9.90 Å². The van der Waals surface area contributed by atoms with E-state index in [0.29, 0.717) is 0 Å². The summed E-state index contributed by atoms with van der Waals surface area (Å²) < 4.78 is 0. The van der Waals surface area contributed by atoms with Crippen LogP contribution in [0.5, 0.6) is 0 Å². The summed E-state index contributed by atoms with van der Waals surface area (Å²) >= 11 is 0. The highest BCUT2D eigenvalue weighted by Crippen LogP contribution is 2.05. The van der Waals surface area contributed by atoms with Crippen LogP contribution in [0.2, 0.25) is 0 Å². The molecule has 0 aliphatic carbocycles. The fourth-order valence-electron chi connectivity index (χ4n) is 0.839. The van der Waals surface area contributed by atoms with Crippen molar-refractivity contribution >= 4 is 17.9 Å². The molecule has 1 aromatic rings. The summed E-state index contributed by atoms with van der Waals surface area (Å²) in [4.78, 5) is 29.5. The first-order valence-electron chi connectivity index (χ1n) is 4.05. The molecule has 0 fully saturated rings. The predicted octanol–water partition coefficient (Wildman–Crippen LogP) is -1.70. The first kappa shape index (κ1) is 25.4. The summed E-state index contributed by atoms with van der Waals surface area (Å²) in [6.45, 7) is 0.972. The number of carbonyl (C=O) groups is 3. The maximum absolute atomic E-state index is 10.3. The van der Waals surface area contributed by atoms with Crippen molar-refractivity contribution in [2.45, 2.75) is 6.92 Å². The van der Waals surface area contributed by atoms with E-state index in [-0.39, 0.29) is 29.6 Å². The molecule has 0 radical (unpaired) electrons. The van der Waals surface area contributed by atoms with Crippen molar-refractivity contribution in [3.05, 3.63) is 35.4 Å². The maximum Gasteiger partial charge on any atom is 0.0721 e. The van der Waals surface area contributed by atoms with Gasteiger partial charge in [-0.1, -0.05) is 24.3 Å². The zero-order valence-electron chi connectivity index (χ0n) is 11.3. The van der Waals surface area contributed by atoms with Gasteiger partial charge >= 0.3 is 0 Å². The minimum absolute atomic E-state index is 0. The fraction of sp³-hybridized carbons (Fsp3) is 0.100. The molecule has 9 heteroatoms. The van der Waals surface area contributed by atoms with Gasteiger partial charge in [0.2, 0.25) is 0 Å². The van der Waals surface area contributed by atoms with Gasteiger partial charge in [0.1, 0.15) is 0 Å². The molecule has 9 nitrogen and oxygen atoms in total. The van der Waals surface area contributed by atoms with Crippen molar-refractivity contribution in [3.63, 3.8) is 0 Å². The van der Waals surface area contributed by atoms with Gasteiger partial charge in [-0.3, -0.25) is 0 Å². The van der Waals surface area contributed by atoms with E-state index in [2.05, 4.69) is 0 Å². The Labute approximate surface area is 109 Å². The molecule has 0 unspecified atom stereocenters. The Morgan fingerprint density at radius 1 is 0.789 bits per heavy atom. The molecule has 0 atom stereocenters. The van der Waals surface area contributed by atoms with Gasteiger partial charge in [-0.05, 0) is 6.92 Å². The first-order valence-corrected chi connectivity index (χ1v) is 4.05. The zero-order chi connectivity index (χ0) is 12.7. The van der Waals surface area contributed by atoms with Gasteiger partial charge in [0.15, 0.2) is 0 Å². The van der Waals surface area contributed by atoms with Gasteiger partial charge < -0.3 is 48.2 Å². The van der Waals surface area contributed by atoms with Crippen molar-refractivity contribution < 1.29 is 29.7 Å². The van der Waals surface area contributed by atoms with Crippen LogP contribution < -0.4 is 33.8 Å². The Bertz CT molecular complexity index is 384. The summed E-state index contributed by atoms with van der Waals surface area (Å²) in [7, 11) is 0. The van der Waals surface area contributed by atoms with E-state index in [1.165, 1.54) is 12.1 Å².